The molecular weight excluding hydrogens is 252 g/mol. The van der Waals surface area contributed by atoms with Crippen molar-refractivity contribution in [1.29, 1.82) is 0 Å². The number of hydrogen-bond donors (Lipinski definition) is 0. The highest BCUT2D eigenvalue weighted by Gasteiger charge is 2.61. The molecule has 3 aliphatic carbocycles. The van der Waals surface area contributed by atoms with Crippen molar-refractivity contribution in [3.05, 3.63) is 11.6 Å². The Morgan fingerprint density at radius 2 is 2.05 bits per heavy atom. The van der Waals surface area contributed by atoms with Gasteiger partial charge in [-0.1, -0.05) is 25.5 Å². The second kappa shape index (κ2) is 5.01. The maximum atomic E-state index is 12.9. The van der Waals surface area contributed by atoms with Gasteiger partial charge in [-0.05, 0) is 45.4 Å². The monoisotopic (exact) mass is 278 g/mol. The van der Waals surface area contributed by atoms with Crippen LogP contribution in [0.5, 0.6) is 0 Å². The van der Waals surface area contributed by atoms with Crippen LogP contribution in [0.15, 0.2) is 11.6 Å². The van der Waals surface area contributed by atoms with Crippen LogP contribution < -0.4 is 0 Å². The van der Waals surface area contributed by atoms with Crippen LogP contribution in [0.4, 0.5) is 0 Å². The molecule has 2 bridgehead atoms. The lowest BCUT2D eigenvalue weighted by molar-refractivity contribution is -0.172. The Hall–Kier alpha value is -1.12. The predicted molar refractivity (Wildman–Crippen MR) is 78.1 cm³/mol. The summed E-state index contributed by atoms with van der Waals surface area (Å²) in [5.74, 6) is 0.211. The Morgan fingerprint density at radius 1 is 1.40 bits per heavy atom. The Kier molecular flexibility index (Phi) is 3.83. The van der Waals surface area contributed by atoms with Crippen molar-refractivity contribution in [2.45, 2.75) is 53.4 Å². The van der Waals surface area contributed by atoms with Crippen LogP contribution in [0.25, 0.3) is 0 Å². The minimum Gasteiger partial charge on any atom is -0.469 e. The molecule has 0 radical (unpaired) electrons. The molecule has 0 heterocycles. The molecule has 0 amide bonds. The first-order chi connectivity index (χ1) is 9.24. The van der Waals surface area contributed by atoms with Gasteiger partial charge in [-0.2, -0.15) is 0 Å². The van der Waals surface area contributed by atoms with Gasteiger partial charge in [0.25, 0.3) is 0 Å². The van der Waals surface area contributed by atoms with Crippen LogP contribution in [0, 0.1) is 22.7 Å². The number of methoxy groups -OCH3 is 1. The van der Waals surface area contributed by atoms with E-state index in [1.807, 2.05) is 13.8 Å². The summed E-state index contributed by atoms with van der Waals surface area (Å²) < 4.78 is 4.98. The Labute approximate surface area is 121 Å². The summed E-state index contributed by atoms with van der Waals surface area (Å²) in [5, 5.41) is 0. The van der Waals surface area contributed by atoms with Crippen LogP contribution in [0.3, 0.4) is 0 Å². The summed E-state index contributed by atoms with van der Waals surface area (Å²) >= 11 is 0. The van der Waals surface area contributed by atoms with Crippen molar-refractivity contribution in [1.82, 2.24) is 0 Å². The van der Waals surface area contributed by atoms with Gasteiger partial charge in [-0.25, -0.2) is 0 Å². The lowest BCUT2D eigenvalue weighted by Gasteiger charge is -2.56. The molecule has 3 rings (SSSR count). The van der Waals surface area contributed by atoms with Gasteiger partial charge in [-0.3, -0.25) is 9.59 Å². The SMILES string of the molecule is COC(=O)C1C[C@@]2(C)CC[C@@H]1[C@@](C)(CC=C(C)C)C2=O. The number of rotatable bonds is 3. The quantitative estimate of drug-likeness (QED) is 0.586. The molecule has 0 aromatic carbocycles. The Bertz CT molecular complexity index is 461. The zero-order valence-corrected chi connectivity index (χ0v) is 13.3. The fraction of sp³-hybridized carbons (Fsp3) is 0.765. The first-order valence-corrected chi connectivity index (χ1v) is 7.51. The molecule has 4 atom stereocenters. The number of esters is 1. The van der Waals surface area contributed by atoms with Crippen LogP contribution in [-0.4, -0.2) is 18.9 Å². The summed E-state index contributed by atoms with van der Waals surface area (Å²) in [6.07, 6.45) is 5.40. The fourth-order valence-electron chi connectivity index (χ4n) is 4.29. The Balaban J connectivity index is 2.38. The second-order valence-electron chi connectivity index (χ2n) is 7.27. The van der Waals surface area contributed by atoms with Gasteiger partial charge in [0, 0.05) is 10.8 Å². The highest BCUT2D eigenvalue weighted by atomic mass is 16.5. The fourth-order valence-corrected chi connectivity index (χ4v) is 4.29. The van der Waals surface area contributed by atoms with Crippen molar-refractivity contribution in [2.24, 2.45) is 22.7 Å². The van der Waals surface area contributed by atoms with Crippen LogP contribution in [0.1, 0.15) is 53.4 Å². The number of carbonyl (C=O) groups is 2. The highest BCUT2D eigenvalue weighted by Crippen LogP contribution is 2.60. The number of fused-ring (bicyclic) bond motifs is 3. The third-order valence-electron chi connectivity index (χ3n) is 5.49. The number of Topliss-reactive ketones (excluding diaryl/α,β-unsaturated/α-hetero) is 1. The van der Waals surface area contributed by atoms with E-state index < -0.39 is 5.41 Å². The van der Waals surface area contributed by atoms with Crippen molar-refractivity contribution in [3.63, 3.8) is 0 Å². The maximum Gasteiger partial charge on any atom is 0.309 e. The summed E-state index contributed by atoms with van der Waals surface area (Å²) in [6, 6.07) is 0. The van der Waals surface area contributed by atoms with E-state index in [0.29, 0.717) is 12.2 Å². The van der Waals surface area contributed by atoms with Crippen LogP contribution >= 0.6 is 0 Å². The zero-order valence-electron chi connectivity index (χ0n) is 13.3. The average Bonchev–Trinajstić information content (AvgIpc) is 2.41. The topological polar surface area (TPSA) is 43.4 Å². The molecule has 20 heavy (non-hydrogen) atoms. The van der Waals surface area contributed by atoms with Crippen molar-refractivity contribution >= 4 is 11.8 Å². The van der Waals surface area contributed by atoms with E-state index >= 15 is 0 Å². The molecule has 3 fully saturated rings. The lowest BCUT2D eigenvalue weighted by Crippen LogP contribution is -2.59. The molecule has 0 N–H and O–H groups in total. The van der Waals surface area contributed by atoms with Gasteiger partial charge >= 0.3 is 5.97 Å². The van der Waals surface area contributed by atoms with Crippen LogP contribution in [-0.2, 0) is 14.3 Å². The highest BCUT2D eigenvalue weighted by molar-refractivity contribution is 5.94. The van der Waals surface area contributed by atoms with Gasteiger partial charge in [0.2, 0.25) is 0 Å². The van der Waals surface area contributed by atoms with E-state index in [4.69, 9.17) is 4.74 Å². The molecule has 0 saturated heterocycles. The molecule has 3 heteroatoms. The zero-order chi connectivity index (χ0) is 15.1. The number of carbonyl (C=O) groups excluding carboxylic acids is 2. The van der Waals surface area contributed by atoms with Crippen molar-refractivity contribution < 1.29 is 14.3 Å². The smallest absolute Gasteiger partial charge is 0.309 e. The van der Waals surface area contributed by atoms with E-state index in [9.17, 15) is 9.59 Å². The van der Waals surface area contributed by atoms with Crippen molar-refractivity contribution in [3.8, 4) is 0 Å². The van der Waals surface area contributed by atoms with E-state index in [1.54, 1.807) is 0 Å². The second-order valence-corrected chi connectivity index (χ2v) is 7.27. The Morgan fingerprint density at radius 3 is 2.60 bits per heavy atom. The van der Waals surface area contributed by atoms with Crippen LogP contribution in [0.2, 0.25) is 0 Å². The van der Waals surface area contributed by atoms with Gasteiger partial charge < -0.3 is 4.74 Å². The molecular formula is C17H26O3. The molecule has 3 nitrogen and oxygen atoms in total. The minimum absolute atomic E-state index is 0.119. The number of hydrogen-bond acceptors (Lipinski definition) is 3. The van der Waals surface area contributed by atoms with E-state index in [-0.39, 0.29) is 23.2 Å². The third-order valence-corrected chi connectivity index (χ3v) is 5.49. The summed E-state index contributed by atoms with van der Waals surface area (Å²) in [4.78, 5) is 25.0. The van der Waals surface area contributed by atoms with Gasteiger partial charge in [0.15, 0.2) is 0 Å². The number of ether oxygens (including phenoxy) is 1. The number of ketones is 1. The summed E-state index contributed by atoms with van der Waals surface area (Å²) in [7, 11) is 1.45. The van der Waals surface area contributed by atoms with Gasteiger partial charge in [-0.15, -0.1) is 0 Å². The molecule has 0 aromatic heterocycles. The van der Waals surface area contributed by atoms with Crippen molar-refractivity contribution in [2.75, 3.05) is 7.11 Å². The largest absolute Gasteiger partial charge is 0.469 e. The third kappa shape index (κ3) is 2.21. The first kappa shape index (κ1) is 15.3. The van der Waals surface area contributed by atoms with Gasteiger partial charge in [0.1, 0.15) is 5.78 Å². The normalized spacial score (nSPS) is 39.5. The first-order valence-electron chi connectivity index (χ1n) is 7.51. The van der Waals surface area contributed by atoms with Gasteiger partial charge in [0.05, 0.1) is 13.0 Å². The van der Waals surface area contributed by atoms with E-state index in [2.05, 4.69) is 19.9 Å². The molecule has 0 spiro atoms. The maximum absolute atomic E-state index is 12.9. The van der Waals surface area contributed by atoms with E-state index in [1.165, 1.54) is 12.7 Å². The predicted octanol–water partition coefficient (Wildman–Crippen LogP) is 3.53. The minimum atomic E-state index is -0.415. The molecule has 3 aliphatic rings. The lowest BCUT2D eigenvalue weighted by atomic mass is 9.46. The molecule has 1 unspecified atom stereocenters. The van der Waals surface area contributed by atoms with E-state index in [0.717, 1.165) is 19.3 Å². The molecule has 0 aromatic rings. The summed E-state index contributed by atoms with van der Waals surface area (Å²) in [6.45, 7) is 8.18. The molecule has 0 aliphatic heterocycles. The molecule has 112 valence electrons. The average molecular weight is 278 g/mol. The molecule has 3 saturated carbocycles. The number of allylic oxidation sites excluding steroid dienone is 2. The standard InChI is InChI=1S/C17H26O3/c1-11(2)6-9-17(4)13-7-8-16(3,15(17)19)10-12(13)14(18)20-5/h6,12-13H,7-10H2,1-5H3/t12?,13-,16+,17+/m0/s1. The summed E-state index contributed by atoms with van der Waals surface area (Å²) in [5.41, 5.74) is 0.458.